The summed E-state index contributed by atoms with van der Waals surface area (Å²) in [6.07, 6.45) is -3.11. The lowest BCUT2D eigenvalue weighted by atomic mass is 10.2. The molecular formula is C7H2ClF2IN2O3. The van der Waals surface area contributed by atoms with Crippen LogP contribution in [0.25, 0.3) is 0 Å². The van der Waals surface area contributed by atoms with Crippen LogP contribution in [0.1, 0.15) is 22.5 Å². The molecule has 0 saturated heterocycles. The van der Waals surface area contributed by atoms with Gasteiger partial charge in [0, 0.05) is 6.07 Å². The lowest BCUT2D eigenvalue weighted by Gasteiger charge is -2.05. The summed E-state index contributed by atoms with van der Waals surface area (Å²) in [6, 6.07) is 0.905. The van der Waals surface area contributed by atoms with Gasteiger partial charge in [-0.2, -0.15) is 0 Å². The number of alkyl halides is 2. The zero-order chi connectivity index (χ0) is 12.5. The molecule has 0 amide bonds. The van der Waals surface area contributed by atoms with Crippen molar-refractivity contribution in [2.75, 3.05) is 0 Å². The Bertz CT molecular complexity index is 469. The Labute approximate surface area is 106 Å². The van der Waals surface area contributed by atoms with Crippen molar-refractivity contribution >= 4 is 45.1 Å². The largest absolute Gasteiger partial charge is 0.286 e. The number of carbonyl (C=O) groups excluding carboxylic acids is 1. The van der Waals surface area contributed by atoms with Crippen LogP contribution >= 0.6 is 34.2 Å². The Balaban J connectivity index is 3.60. The third-order valence-corrected chi connectivity index (χ3v) is 2.34. The van der Waals surface area contributed by atoms with Gasteiger partial charge in [0.2, 0.25) is 0 Å². The average Bonchev–Trinajstić information content (AvgIpc) is 2.15. The predicted octanol–water partition coefficient (Wildman–Crippen LogP) is 2.91. The summed E-state index contributed by atoms with van der Waals surface area (Å²) in [5, 5.41) is 9.24. The van der Waals surface area contributed by atoms with E-state index in [-0.39, 0.29) is 3.70 Å². The summed E-state index contributed by atoms with van der Waals surface area (Å²) in [6.45, 7) is 0. The molecule has 1 heterocycles. The number of pyridine rings is 1. The summed E-state index contributed by atoms with van der Waals surface area (Å²) in [4.78, 5) is 23.9. The Morgan fingerprint density at radius 2 is 2.19 bits per heavy atom. The highest BCUT2D eigenvalue weighted by atomic mass is 127. The number of hydrogen-bond donors (Lipinski definition) is 0. The quantitative estimate of drug-likeness (QED) is 0.272. The van der Waals surface area contributed by atoms with Crippen LogP contribution in [0.15, 0.2) is 6.07 Å². The van der Waals surface area contributed by atoms with Crippen LogP contribution in [0.3, 0.4) is 0 Å². The lowest BCUT2D eigenvalue weighted by Crippen LogP contribution is -2.07. The fourth-order valence-electron chi connectivity index (χ4n) is 1.02. The van der Waals surface area contributed by atoms with Gasteiger partial charge >= 0.3 is 0 Å². The molecule has 1 aromatic heterocycles. The highest BCUT2D eigenvalue weighted by Gasteiger charge is 2.29. The molecule has 0 N–H and O–H groups in total. The predicted molar refractivity (Wildman–Crippen MR) is 58.7 cm³/mol. The first kappa shape index (κ1) is 13.2. The van der Waals surface area contributed by atoms with Crippen molar-refractivity contribution in [1.82, 2.24) is 4.98 Å². The van der Waals surface area contributed by atoms with Crippen LogP contribution in [0.4, 0.5) is 14.5 Å². The van der Waals surface area contributed by atoms with Gasteiger partial charge in [-0.25, -0.2) is 13.8 Å². The lowest BCUT2D eigenvalue weighted by molar-refractivity contribution is -0.385. The molecule has 0 saturated carbocycles. The first-order valence-electron chi connectivity index (χ1n) is 3.67. The first-order valence-corrected chi connectivity index (χ1v) is 5.13. The van der Waals surface area contributed by atoms with Gasteiger partial charge in [-0.15, -0.1) is 0 Å². The van der Waals surface area contributed by atoms with Gasteiger partial charge in [0.1, 0.15) is 15.0 Å². The zero-order valence-corrected chi connectivity index (χ0v) is 10.2. The Hall–Kier alpha value is -0.900. The zero-order valence-electron chi connectivity index (χ0n) is 7.29. The standard InChI is InChI=1S/C7H2ClF2IN2O3/c8-6(14)4-2(13(15)16)1-3(11)12-5(4)7(9)10/h1,7H. The molecule has 0 spiro atoms. The van der Waals surface area contributed by atoms with Crippen molar-refractivity contribution in [3.63, 3.8) is 0 Å². The number of hydrogen-bond acceptors (Lipinski definition) is 4. The average molecular weight is 362 g/mol. The van der Waals surface area contributed by atoms with Gasteiger partial charge in [-0.1, -0.05) is 0 Å². The van der Waals surface area contributed by atoms with Gasteiger partial charge in [-0.05, 0) is 34.2 Å². The minimum atomic E-state index is -3.11. The molecule has 1 aromatic rings. The van der Waals surface area contributed by atoms with Gasteiger partial charge in [-0.3, -0.25) is 14.9 Å². The molecule has 5 nitrogen and oxygen atoms in total. The summed E-state index contributed by atoms with van der Waals surface area (Å²) >= 11 is 6.57. The molecule has 0 radical (unpaired) electrons. The van der Waals surface area contributed by atoms with Gasteiger partial charge < -0.3 is 0 Å². The molecule has 86 valence electrons. The number of halogens is 4. The Morgan fingerprint density at radius 3 is 2.56 bits per heavy atom. The fourth-order valence-corrected chi connectivity index (χ4v) is 1.77. The van der Waals surface area contributed by atoms with Crippen LogP contribution < -0.4 is 0 Å². The highest BCUT2D eigenvalue weighted by Crippen LogP contribution is 2.30. The van der Waals surface area contributed by atoms with Gasteiger partial charge in [0.05, 0.1) is 4.92 Å². The number of nitrogens with zero attached hydrogens (tertiary/aromatic N) is 2. The van der Waals surface area contributed by atoms with Crippen molar-refractivity contribution in [1.29, 1.82) is 0 Å². The second kappa shape index (κ2) is 4.95. The van der Waals surface area contributed by atoms with Crippen molar-refractivity contribution in [3.8, 4) is 0 Å². The van der Waals surface area contributed by atoms with E-state index in [4.69, 9.17) is 11.6 Å². The minimum absolute atomic E-state index is 0.0127. The van der Waals surface area contributed by atoms with E-state index in [2.05, 4.69) is 4.98 Å². The maximum absolute atomic E-state index is 12.5. The molecule has 0 unspecified atom stereocenters. The highest BCUT2D eigenvalue weighted by molar-refractivity contribution is 14.1. The number of nitro groups is 1. The third kappa shape index (κ3) is 2.61. The SMILES string of the molecule is O=C(Cl)c1c([N+](=O)[O-])cc(I)nc1C(F)F. The summed E-state index contributed by atoms with van der Waals surface area (Å²) in [7, 11) is 0. The van der Waals surface area contributed by atoms with E-state index in [9.17, 15) is 23.7 Å². The number of carbonyl (C=O) groups is 1. The van der Waals surface area contributed by atoms with Crippen LogP contribution in [-0.2, 0) is 0 Å². The normalized spacial score (nSPS) is 10.6. The maximum atomic E-state index is 12.5. The summed E-state index contributed by atoms with van der Waals surface area (Å²) in [5.41, 5.74) is -2.60. The van der Waals surface area contributed by atoms with E-state index in [1.807, 2.05) is 0 Å². The number of rotatable bonds is 3. The van der Waals surface area contributed by atoms with Crippen LogP contribution in [0.5, 0.6) is 0 Å². The van der Waals surface area contributed by atoms with Crippen molar-refractivity contribution in [3.05, 3.63) is 31.1 Å². The molecule has 0 atom stereocenters. The molecule has 1 rings (SSSR count). The van der Waals surface area contributed by atoms with Gasteiger partial charge in [0.15, 0.2) is 0 Å². The van der Waals surface area contributed by atoms with Crippen molar-refractivity contribution in [2.24, 2.45) is 0 Å². The molecule has 0 aliphatic heterocycles. The molecular weight excluding hydrogens is 360 g/mol. The van der Waals surface area contributed by atoms with Crippen molar-refractivity contribution < 1.29 is 18.5 Å². The molecule has 0 aliphatic rings. The molecule has 0 aromatic carbocycles. The topological polar surface area (TPSA) is 73.1 Å². The molecule has 0 bridgehead atoms. The smallest absolute Gasteiger partial charge is 0.275 e. The molecule has 0 fully saturated rings. The fraction of sp³-hybridized carbons (Fsp3) is 0.143. The van der Waals surface area contributed by atoms with E-state index in [1.165, 1.54) is 22.6 Å². The third-order valence-electron chi connectivity index (χ3n) is 1.60. The van der Waals surface area contributed by atoms with Crippen LogP contribution in [-0.4, -0.2) is 15.1 Å². The van der Waals surface area contributed by atoms with Gasteiger partial charge in [0.25, 0.3) is 17.4 Å². The van der Waals surface area contributed by atoms with E-state index < -0.39 is 33.5 Å². The van der Waals surface area contributed by atoms with Crippen molar-refractivity contribution in [2.45, 2.75) is 6.43 Å². The Kier molecular flexibility index (Phi) is 4.08. The second-order valence-corrected chi connectivity index (χ2v) is 4.00. The molecule has 9 heteroatoms. The first-order chi connectivity index (χ1) is 7.34. The second-order valence-electron chi connectivity index (χ2n) is 2.56. The van der Waals surface area contributed by atoms with E-state index >= 15 is 0 Å². The minimum Gasteiger partial charge on any atom is -0.275 e. The molecule has 16 heavy (non-hydrogen) atoms. The van der Waals surface area contributed by atoms with Crippen LogP contribution in [0.2, 0.25) is 0 Å². The maximum Gasteiger partial charge on any atom is 0.286 e. The number of aromatic nitrogens is 1. The van der Waals surface area contributed by atoms with E-state index in [0.717, 1.165) is 6.07 Å². The summed E-state index contributed by atoms with van der Waals surface area (Å²) < 4.78 is 25.0. The van der Waals surface area contributed by atoms with Crippen LogP contribution in [0, 0.1) is 13.8 Å². The summed E-state index contributed by atoms with van der Waals surface area (Å²) in [5.74, 6) is 0. The monoisotopic (exact) mass is 362 g/mol. The molecule has 0 aliphatic carbocycles. The Morgan fingerprint density at radius 1 is 1.62 bits per heavy atom. The van der Waals surface area contributed by atoms with E-state index in [0.29, 0.717) is 0 Å². The van der Waals surface area contributed by atoms with E-state index in [1.54, 1.807) is 0 Å².